The summed E-state index contributed by atoms with van der Waals surface area (Å²) in [6, 6.07) is 0. The standard InChI is InChI=1S/C19H38N2/c1-2-21(16-18-12-13-18)19(17-20)14-10-8-6-4-3-5-7-9-11-15-19/h18H,2-17,20H2,1H3. The van der Waals surface area contributed by atoms with E-state index in [1.807, 2.05) is 0 Å². The van der Waals surface area contributed by atoms with E-state index in [1.54, 1.807) is 0 Å². The fourth-order valence-corrected chi connectivity index (χ4v) is 4.19. The fourth-order valence-electron chi connectivity index (χ4n) is 4.19. The van der Waals surface area contributed by atoms with Gasteiger partial charge in [-0.15, -0.1) is 0 Å². The molecule has 2 nitrogen and oxygen atoms in total. The molecule has 0 unspecified atom stereocenters. The minimum atomic E-state index is 0.316. The van der Waals surface area contributed by atoms with Gasteiger partial charge in [-0.1, -0.05) is 64.7 Å². The Morgan fingerprint density at radius 3 is 1.71 bits per heavy atom. The normalized spacial score (nSPS) is 25.3. The van der Waals surface area contributed by atoms with E-state index in [1.165, 1.54) is 96.6 Å². The van der Waals surface area contributed by atoms with Gasteiger partial charge >= 0.3 is 0 Å². The number of nitrogens with zero attached hydrogens (tertiary/aromatic N) is 1. The van der Waals surface area contributed by atoms with Crippen LogP contribution in [-0.2, 0) is 0 Å². The van der Waals surface area contributed by atoms with Gasteiger partial charge in [0.15, 0.2) is 0 Å². The third-order valence-corrected chi connectivity index (χ3v) is 5.89. The summed E-state index contributed by atoms with van der Waals surface area (Å²) in [6.45, 7) is 5.71. The zero-order valence-corrected chi connectivity index (χ0v) is 14.4. The number of likely N-dealkylation sites (N-methyl/N-ethyl adjacent to an activating group) is 1. The van der Waals surface area contributed by atoms with Crippen molar-refractivity contribution in [3.8, 4) is 0 Å². The lowest BCUT2D eigenvalue weighted by atomic mass is 9.83. The molecule has 2 fully saturated rings. The monoisotopic (exact) mass is 294 g/mol. The Hall–Kier alpha value is -0.0800. The van der Waals surface area contributed by atoms with E-state index < -0.39 is 0 Å². The van der Waals surface area contributed by atoms with E-state index >= 15 is 0 Å². The van der Waals surface area contributed by atoms with Crippen molar-refractivity contribution in [2.45, 2.75) is 95.9 Å². The van der Waals surface area contributed by atoms with E-state index in [4.69, 9.17) is 5.73 Å². The van der Waals surface area contributed by atoms with Gasteiger partial charge in [0.25, 0.3) is 0 Å². The van der Waals surface area contributed by atoms with Crippen molar-refractivity contribution in [1.29, 1.82) is 0 Å². The molecule has 0 spiro atoms. The summed E-state index contributed by atoms with van der Waals surface area (Å²) in [7, 11) is 0. The maximum atomic E-state index is 6.35. The molecule has 0 aromatic rings. The second-order valence-corrected chi connectivity index (χ2v) is 7.59. The lowest BCUT2D eigenvalue weighted by Crippen LogP contribution is -2.54. The molecular weight excluding hydrogens is 256 g/mol. The molecule has 124 valence electrons. The Morgan fingerprint density at radius 2 is 1.33 bits per heavy atom. The fraction of sp³-hybridized carbons (Fsp3) is 1.00. The van der Waals surface area contributed by atoms with Crippen LogP contribution < -0.4 is 5.73 Å². The van der Waals surface area contributed by atoms with E-state index in [0.29, 0.717) is 5.54 Å². The number of hydrogen-bond donors (Lipinski definition) is 1. The van der Waals surface area contributed by atoms with Gasteiger partial charge in [-0.25, -0.2) is 0 Å². The van der Waals surface area contributed by atoms with Gasteiger partial charge in [-0.05, 0) is 38.1 Å². The summed E-state index contributed by atoms with van der Waals surface area (Å²) in [5.74, 6) is 0.981. The van der Waals surface area contributed by atoms with Crippen molar-refractivity contribution in [1.82, 2.24) is 4.90 Å². The van der Waals surface area contributed by atoms with Crippen LogP contribution >= 0.6 is 0 Å². The maximum absolute atomic E-state index is 6.35. The highest BCUT2D eigenvalue weighted by molar-refractivity contribution is 4.94. The second-order valence-electron chi connectivity index (χ2n) is 7.59. The molecule has 2 aliphatic rings. The summed E-state index contributed by atoms with van der Waals surface area (Å²) in [5.41, 5.74) is 6.67. The number of nitrogens with two attached hydrogens (primary N) is 1. The third kappa shape index (κ3) is 5.56. The summed E-state index contributed by atoms with van der Waals surface area (Å²) in [5, 5.41) is 0. The van der Waals surface area contributed by atoms with Crippen LogP contribution in [0.1, 0.15) is 90.4 Å². The first-order valence-corrected chi connectivity index (χ1v) is 9.76. The van der Waals surface area contributed by atoms with Gasteiger partial charge in [-0.2, -0.15) is 0 Å². The average molecular weight is 295 g/mol. The Bertz CT molecular complexity index is 261. The Morgan fingerprint density at radius 1 is 0.857 bits per heavy atom. The molecule has 0 aromatic heterocycles. The van der Waals surface area contributed by atoms with E-state index in [0.717, 1.165) is 12.5 Å². The smallest absolute Gasteiger partial charge is 0.0331 e. The van der Waals surface area contributed by atoms with Gasteiger partial charge in [-0.3, -0.25) is 4.90 Å². The largest absolute Gasteiger partial charge is 0.329 e. The zero-order valence-electron chi connectivity index (χ0n) is 14.4. The first kappa shape index (κ1) is 17.3. The summed E-state index contributed by atoms with van der Waals surface area (Å²) < 4.78 is 0. The van der Waals surface area contributed by atoms with Gasteiger partial charge in [0.05, 0.1) is 0 Å². The molecule has 21 heavy (non-hydrogen) atoms. The van der Waals surface area contributed by atoms with Crippen LogP contribution in [0.5, 0.6) is 0 Å². The predicted octanol–water partition coefficient (Wildman–Crippen LogP) is 4.72. The van der Waals surface area contributed by atoms with Crippen molar-refractivity contribution in [3.05, 3.63) is 0 Å². The van der Waals surface area contributed by atoms with Crippen LogP contribution in [-0.4, -0.2) is 30.1 Å². The van der Waals surface area contributed by atoms with Crippen LogP contribution in [0.4, 0.5) is 0 Å². The topological polar surface area (TPSA) is 29.3 Å². The summed E-state index contributed by atoms with van der Waals surface area (Å²) in [6.07, 6.45) is 18.4. The Balaban J connectivity index is 1.97. The quantitative estimate of drug-likeness (QED) is 0.795. The second kappa shape index (κ2) is 9.15. The van der Waals surface area contributed by atoms with Crippen LogP contribution in [0.25, 0.3) is 0 Å². The molecule has 2 rings (SSSR count). The van der Waals surface area contributed by atoms with Crippen molar-refractivity contribution in [2.75, 3.05) is 19.6 Å². The van der Waals surface area contributed by atoms with Gasteiger partial charge < -0.3 is 5.73 Å². The van der Waals surface area contributed by atoms with Gasteiger partial charge in [0.2, 0.25) is 0 Å². The first-order chi connectivity index (χ1) is 10.3. The molecule has 0 atom stereocenters. The molecule has 0 aliphatic heterocycles. The highest BCUT2D eigenvalue weighted by Gasteiger charge is 2.36. The van der Waals surface area contributed by atoms with Crippen LogP contribution in [0.3, 0.4) is 0 Å². The van der Waals surface area contributed by atoms with E-state index in [2.05, 4.69) is 11.8 Å². The molecule has 2 N–H and O–H groups in total. The van der Waals surface area contributed by atoms with Crippen molar-refractivity contribution >= 4 is 0 Å². The minimum Gasteiger partial charge on any atom is -0.329 e. The highest BCUT2D eigenvalue weighted by Crippen LogP contribution is 2.35. The molecule has 0 heterocycles. The lowest BCUT2D eigenvalue weighted by Gasteiger charge is -2.44. The van der Waals surface area contributed by atoms with Crippen molar-refractivity contribution in [3.63, 3.8) is 0 Å². The lowest BCUT2D eigenvalue weighted by molar-refractivity contribution is 0.0706. The first-order valence-electron chi connectivity index (χ1n) is 9.76. The summed E-state index contributed by atoms with van der Waals surface area (Å²) >= 11 is 0. The predicted molar refractivity (Wildman–Crippen MR) is 92.5 cm³/mol. The van der Waals surface area contributed by atoms with E-state index in [-0.39, 0.29) is 0 Å². The van der Waals surface area contributed by atoms with Gasteiger partial charge in [0.1, 0.15) is 0 Å². The Labute approximate surface area is 132 Å². The van der Waals surface area contributed by atoms with Crippen LogP contribution in [0, 0.1) is 5.92 Å². The summed E-state index contributed by atoms with van der Waals surface area (Å²) in [4.78, 5) is 2.77. The van der Waals surface area contributed by atoms with Gasteiger partial charge in [0, 0.05) is 18.6 Å². The highest BCUT2D eigenvalue weighted by atomic mass is 15.2. The SMILES string of the molecule is CCN(CC1CC1)C1(CN)CCCCCCCCCCC1. The molecule has 2 heteroatoms. The zero-order chi connectivity index (χ0) is 15.0. The van der Waals surface area contributed by atoms with Crippen molar-refractivity contribution < 1.29 is 0 Å². The number of rotatable bonds is 5. The molecule has 0 aromatic carbocycles. The molecule has 2 saturated carbocycles. The maximum Gasteiger partial charge on any atom is 0.0331 e. The van der Waals surface area contributed by atoms with Crippen LogP contribution in [0.15, 0.2) is 0 Å². The molecule has 0 radical (unpaired) electrons. The molecule has 0 bridgehead atoms. The Kier molecular flexibility index (Phi) is 7.53. The average Bonchev–Trinajstić information content (AvgIpc) is 3.30. The molecule has 0 amide bonds. The molecule has 0 saturated heterocycles. The molecular formula is C19H38N2. The van der Waals surface area contributed by atoms with E-state index in [9.17, 15) is 0 Å². The molecule has 2 aliphatic carbocycles. The van der Waals surface area contributed by atoms with Crippen molar-refractivity contribution in [2.24, 2.45) is 11.7 Å². The third-order valence-electron chi connectivity index (χ3n) is 5.89. The van der Waals surface area contributed by atoms with Crippen LogP contribution in [0.2, 0.25) is 0 Å². The minimum absolute atomic E-state index is 0.316. The number of hydrogen-bond acceptors (Lipinski definition) is 2.